The summed E-state index contributed by atoms with van der Waals surface area (Å²) in [6.45, 7) is 3.81. The van der Waals surface area contributed by atoms with E-state index in [4.69, 9.17) is 5.73 Å². The van der Waals surface area contributed by atoms with Gasteiger partial charge in [-0.05, 0) is 43.5 Å². The molecule has 0 radical (unpaired) electrons. The smallest absolute Gasteiger partial charge is 0.315 e. The number of hydrogen-bond acceptors (Lipinski definition) is 4. The van der Waals surface area contributed by atoms with E-state index in [2.05, 4.69) is 15.6 Å². The zero-order valence-electron chi connectivity index (χ0n) is 16.9. The molecular formula is C22H25N5O3. The lowest BCUT2D eigenvalue weighted by Gasteiger charge is -2.59. The molecular weight excluding hydrogens is 382 g/mol. The monoisotopic (exact) mass is 407 g/mol. The van der Waals surface area contributed by atoms with Crippen LogP contribution in [0.2, 0.25) is 0 Å². The first kappa shape index (κ1) is 19.9. The molecule has 0 bridgehead atoms. The molecule has 1 saturated carbocycles. The first-order valence-corrected chi connectivity index (χ1v) is 9.99. The summed E-state index contributed by atoms with van der Waals surface area (Å²) >= 11 is 0. The first-order chi connectivity index (χ1) is 14.3. The van der Waals surface area contributed by atoms with E-state index >= 15 is 0 Å². The molecule has 4 amide bonds. The molecule has 156 valence electrons. The van der Waals surface area contributed by atoms with Crippen molar-refractivity contribution in [2.75, 3.05) is 13.1 Å². The number of pyridine rings is 1. The summed E-state index contributed by atoms with van der Waals surface area (Å²) in [6.07, 6.45) is 3.28. The van der Waals surface area contributed by atoms with Crippen LogP contribution < -0.4 is 16.4 Å². The highest BCUT2D eigenvalue weighted by Crippen LogP contribution is 2.48. The van der Waals surface area contributed by atoms with E-state index in [1.54, 1.807) is 6.07 Å². The van der Waals surface area contributed by atoms with E-state index in [1.807, 2.05) is 36.1 Å². The van der Waals surface area contributed by atoms with E-state index in [0.717, 1.165) is 42.6 Å². The highest BCUT2D eigenvalue weighted by molar-refractivity contribution is 5.95. The minimum Gasteiger partial charge on any atom is -0.364 e. The summed E-state index contributed by atoms with van der Waals surface area (Å²) < 4.78 is 0. The quantitative estimate of drug-likeness (QED) is 0.698. The number of benzene rings is 1. The van der Waals surface area contributed by atoms with Gasteiger partial charge in [0, 0.05) is 42.9 Å². The number of aromatic nitrogens is 1. The number of nitrogens with zero attached hydrogens (tertiary/aromatic N) is 2. The summed E-state index contributed by atoms with van der Waals surface area (Å²) in [5.41, 5.74) is 8.14. The van der Waals surface area contributed by atoms with Crippen LogP contribution in [0.1, 0.15) is 44.8 Å². The second kappa shape index (κ2) is 7.78. The van der Waals surface area contributed by atoms with Crippen molar-refractivity contribution in [3.8, 4) is 0 Å². The van der Waals surface area contributed by atoms with Gasteiger partial charge in [-0.2, -0.15) is 0 Å². The summed E-state index contributed by atoms with van der Waals surface area (Å²) in [6, 6.07) is 10.8. The third-order valence-electron chi connectivity index (χ3n) is 5.86. The average Bonchev–Trinajstić information content (AvgIpc) is 2.67. The van der Waals surface area contributed by atoms with Crippen molar-refractivity contribution in [1.82, 2.24) is 20.5 Å². The number of primary amides is 1. The predicted molar refractivity (Wildman–Crippen MR) is 111 cm³/mol. The number of aryl methyl sites for hydroxylation is 1. The van der Waals surface area contributed by atoms with Gasteiger partial charge >= 0.3 is 6.03 Å². The lowest BCUT2D eigenvalue weighted by atomic mass is 9.60. The number of urea groups is 1. The lowest BCUT2D eigenvalue weighted by molar-refractivity contribution is -0.0585. The van der Waals surface area contributed by atoms with E-state index < -0.39 is 5.91 Å². The SMILES string of the molecule is Cc1ccc(C(=O)N2CC3(CC(NC(=O)NCc4ccc(C(N)=O)nc4)C3)C2)cc1. The Morgan fingerprint density at radius 2 is 1.83 bits per heavy atom. The zero-order valence-corrected chi connectivity index (χ0v) is 16.9. The normalized spacial score (nSPS) is 17.0. The number of carbonyl (C=O) groups is 3. The van der Waals surface area contributed by atoms with Crippen LogP contribution in [-0.4, -0.2) is 46.9 Å². The number of hydrogen-bond donors (Lipinski definition) is 3. The standard InChI is InChI=1S/C22H25N5O3/c1-14-2-5-16(6-3-14)20(29)27-12-22(13-27)8-17(9-22)26-21(30)25-11-15-4-7-18(19(23)28)24-10-15/h2-7,10,17H,8-9,11-13H2,1H3,(H2,23,28)(H2,25,26,30). The number of rotatable bonds is 5. The van der Waals surface area contributed by atoms with Crippen LogP contribution in [0.25, 0.3) is 0 Å². The molecule has 2 fully saturated rings. The van der Waals surface area contributed by atoms with Gasteiger partial charge in [0.15, 0.2) is 0 Å². The second-order valence-corrected chi connectivity index (χ2v) is 8.38. The van der Waals surface area contributed by atoms with E-state index in [0.29, 0.717) is 6.54 Å². The summed E-state index contributed by atoms with van der Waals surface area (Å²) in [5, 5.41) is 5.77. The summed E-state index contributed by atoms with van der Waals surface area (Å²) in [4.78, 5) is 41.5. The highest BCUT2D eigenvalue weighted by Gasteiger charge is 2.54. The molecule has 4 rings (SSSR count). The third-order valence-corrected chi connectivity index (χ3v) is 5.86. The topological polar surface area (TPSA) is 117 Å². The molecule has 30 heavy (non-hydrogen) atoms. The fourth-order valence-electron chi connectivity index (χ4n) is 4.23. The van der Waals surface area contributed by atoms with Crippen molar-refractivity contribution in [2.24, 2.45) is 11.1 Å². The first-order valence-electron chi connectivity index (χ1n) is 9.99. The predicted octanol–water partition coefficient (Wildman–Crippen LogP) is 1.59. The Morgan fingerprint density at radius 3 is 2.43 bits per heavy atom. The molecule has 8 heteroatoms. The van der Waals surface area contributed by atoms with Crippen molar-refractivity contribution in [1.29, 1.82) is 0 Å². The van der Waals surface area contributed by atoms with Crippen molar-refractivity contribution >= 4 is 17.8 Å². The molecule has 1 aromatic heterocycles. The molecule has 1 saturated heterocycles. The fourth-order valence-corrected chi connectivity index (χ4v) is 4.23. The molecule has 2 aromatic rings. The van der Waals surface area contributed by atoms with Gasteiger partial charge in [0.05, 0.1) is 0 Å². The van der Waals surface area contributed by atoms with Crippen LogP contribution in [-0.2, 0) is 6.54 Å². The Kier molecular flexibility index (Phi) is 5.15. The maximum Gasteiger partial charge on any atom is 0.315 e. The minimum atomic E-state index is -0.582. The van der Waals surface area contributed by atoms with Gasteiger partial charge in [0.1, 0.15) is 5.69 Å². The number of nitrogens with one attached hydrogen (secondary N) is 2. The van der Waals surface area contributed by atoms with Gasteiger partial charge in [0.25, 0.3) is 11.8 Å². The van der Waals surface area contributed by atoms with Gasteiger partial charge in [-0.15, -0.1) is 0 Å². The highest BCUT2D eigenvalue weighted by atomic mass is 16.2. The number of nitrogens with two attached hydrogens (primary N) is 1. The van der Waals surface area contributed by atoms with Gasteiger partial charge in [0.2, 0.25) is 0 Å². The van der Waals surface area contributed by atoms with Crippen molar-refractivity contribution in [2.45, 2.75) is 32.4 Å². The van der Waals surface area contributed by atoms with Crippen molar-refractivity contribution < 1.29 is 14.4 Å². The fraction of sp³-hybridized carbons (Fsp3) is 0.364. The number of carbonyl (C=O) groups excluding carboxylic acids is 3. The molecule has 1 aliphatic heterocycles. The Labute approximate surface area is 174 Å². The van der Waals surface area contributed by atoms with Crippen LogP contribution in [0.15, 0.2) is 42.6 Å². The lowest BCUT2D eigenvalue weighted by Crippen LogP contribution is -2.67. The molecule has 0 unspecified atom stereocenters. The molecule has 0 atom stereocenters. The average molecular weight is 407 g/mol. The Bertz CT molecular complexity index is 957. The zero-order chi connectivity index (χ0) is 21.3. The van der Waals surface area contributed by atoms with Gasteiger partial charge in [-0.3, -0.25) is 14.6 Å². The van der Waals surface area contributed by atoms with Crippen LogP contribution in [0.5, 0.6) is 0 Å². The molecule has 2 heterocycles. The number of amides is 4. The van der Waals surface area contributed by atoms with Gasteiger partial charge < -0.3 is 21.3 Å². The Balaban J connectivity index is 1.17. The minimum absolute atomic E-state index is 0.0748. The third kappa shape index (κ3) is 4.12. The van der Waals surface area contributed by atoms with Crippen molar-refractivity contribution in [3.63, 3.8) is 0 Å². The molecule has 1 spiro atoms. The van der Waals surface area contributed by atoms with E-state index in [-0.39, 0.29) is 29.1 Å². The Hall–Kier alpha value is -3.42. The molecule has 1 aromatic carbocycles. The molecule has 1 aliphatic carbocycles. The van der Waals surface area contributed by atoms with Crippen LogP contribution in [0.3, 0.4) is 0 Å². The molecule has 4 N–H and O–H groups in total. The van der Waals surface area contributed by atoms with Crippen molar-refractivity contribution in [3.05, 3.63) is 65.0 Å². The largest absolute Gasteiger partial charge is 0.364 e. The summed E-state index contributed by atoms with van der Waals surface area (Å²) in [7, 11) is 0. The van der Waals surface area contributed by atoms with E-state index in [1.165, 1.54) is 12.3 Å². The van der Waals surface area contributed by atoms with Gasteiger partial charge in [-0.25, -0.2) is 4.79 Å². The van der Waals surface area contributed by atoms with Gasteiger partial charge in [-0.1, -0.05) is 23.8 Å². The maximum absolute atomic E-state index is 12.5. The Morgan fingerprint density at radius 1 is 1.13 bits per heavy atom. The molecule has 8 nitrogen and oxygen atoms in total. The van der Waals surface area contributed by atoms with Crippen LogP contribution in [0, 0.1) is 12.3 Å². The van der Waals surface area contributed by atoms with Crippen LogP contribution in [0.4, 0.5) is 4.79 Å². The number of likely N-dealkylation sites (tertiary alicyclic amines) is 1. The van der Waals surface area contributed by atoms with Crippen LogP contribution >= 0.6 is 0 Å². The summed E-state index contributed by atoms with van der Waals surface area (Å²) in [5.74, 6) is -0.507. The van der Waals surface area contributed by atoms with E-state index in [9.17, 15) is 14.4 Å². The maximum atomic E-state index is 12.5. The second-order valence-electron chi connectivity index (χ2n) is 8.38. The molecule has 2 aliphatic rings.